The maximum absolute atomic E-state index is 11.8. The molecule has 7 heteroatoms. The fourth-order valence-electron chi connectivity index (χ4n) is 2.20. The molecule has 1 unspecified atom stereocenters. The van der Waals surface area contributed by atoms with Gasteiger partial charge in [0.05, 0.1) is 12.3 Å². The minimum Gasteiger partial charge on any atom is -0.352 e. The number of rotatable bonds is 6. The van der Waals surface area contributed by atoms with E-state index in [1.807, 2.05) is 0 Å². The van der Waals surface area contributed by atoms with E-state index < -0.39 is 16.1 Å². The third-order valence-corrected chi connectivity index (χ3v) is 4.78. The zero-order valence-corrected chi connectivity index (χ0v) is 12.6. The lowest BCUT2D eigenvalue weighted by atomic mass is 10.1. The van der Waals surface area contributed by atoms with Gasteiger partial charge in [-0.3, -0.25) is 4.79 Å². The van der Waals surface area contributed by atoms with Crippen molar-refractivity contribution in [1.29, 1.82) is 0 Å². The lowest BCUT2D eigenvalue weighted by Gasteiger charge is -2.31. The topological polar surface area (TPSA) is 92.5 Å². The third kappa shape index (κ3) is 5.46. The summed E-state index contributed by atoms with van der Waals surface area (Å²) < 4.78 is 24.2. The van der Waals surface area contributed by atoms with Crippen LogP contribution in [0.1, 0.15) is 39.0 Å². The molecule has 6 nitrogen and oxygen atoms in total. The molecule has 112 valence electrons. The van der Waals surface area contributed by atoms with E-state index in [0.717, 1.165) is 12.8 Å². The molecule has 1 amide bonds. The Labute approximate surface area is 115 Å². The van der Waals surface area contributed by atoms with Crippen LogP contribution in [-0.2, 0) is 14.8 Å². The zero-order chi connectivity index (χ0) is 14.5. The fraction of sp³-hybridized carbons (Fsp3) is 0.917. The average molecular weight is 291 g/mol. The molecule has 1 atom stereocenters. The van der Waals surface area contributed by atoms with Crippen molar-refractivity contribution in [2.45, 2.75) is 51.1 Å². The summed E-state index contributed by atoms with van der Waals surface area (Å²) in [6, 6.07) is -0.411. The first kappa shape index (κ1) is 16.4. The summed E-state index contributed by atoms with van der Waals surface area (Å²) in [7, 11) is -3.11. The van der Waals surface area contributed by atoms with E-state index in [4.69, 9.17) is 5.73 Å². The Kier molecular flexibility index (Phi) is 6.22. The van der Waals surface area contributed by atoms with E-state index in [9.17, 15) is 13.2 Å². The van der Waals surface area contributed by atoms with Crippen molar-refractivity contribution in [3.05, 3.63) is 0 Å². The fourth-order valence-corrected chi connectivity index (χ4v) is 3.07. The second kappa shape index (κ2) is 7.21. The Balaban J connectivity index is 2.35. The largest absolute Gasteiger partial charge is 0.352 e. The molecule has 1 aliphatic heterocycles. The van der Waals surface area contributed by atoms with Crippen molar-refractivity contribution in [2.24, 2.45) is 5.73 Å². The van der Waals surface area contributed by atoms with Gasteiger partial charge in [0.2, 0.25) is 15.9 Å². The number of carbonyl (C=O) groups excluding carboxylic acids is 1. The van der Waals surface area contributed by atoms with Gasteiger partial charge in [-0.2, -0.15) is 0 Å². The summed E-state index contributed by atoms with van der Waals surface area (Å²) in [5.74, 6) is -0.119. The number of nitrogens with one attached hydrogen (secondary N) is 1. The van der Waals surface area contributed by atoms with Crippen molar-refractivity contribution < 1.29 is 13.2 Å². The maximum atomic E-state index is 11.8. The van der Waals surface area contributed by atoms with Crippen LogP contribution in [0.5, 0.6) is 0 Å². The first-order valence-electron chi connectivity index (χ1n) is 6.85. The van der Waals surface area contributed by atoms with E-state index in [0.29, 0.717) is 32.4 Å². The van der Waals surface area contributed by atoms with Gasteiger partial charge in [0.25, 0.3) is 0 Å². The van der Waals surface area contributed by atoms with Crippen LogP contribution in [0, 0.1) is 0 Å². The number of amides is 1. The molecule has 0 spiro atoms. The molecule has 0 bridgehead atoms. The minimum absolute atomic E-state index is 0.0400. The molecule has 19 heavy (non-hydrogen) atoms. The summed E-state index contributed by atoms with van der Waals surface area (Å²) in [6.45, 7) is 2.99. The molecule has 0 aromatic heterocycles. The van der Waals surface area contributed by atoms with Crippen LogP contribution in [0.4, 0.5) is 0 Å². The van der Waals surface area contributed by atoms with Gasteiger partial charge in [-0.05, 0) is 19.3 Å². The monoisotopic (exact) mass is 291 g/mol. The van der Waals surface area contributed by atoms with Crippen LogP contribution < -0.4 is 11.1 Å². The highest BCUT2D eigenvalue weighted by Crippen LogP contribution is 2.13. The Morgan fingerprint density at radius 1 is 1.42 bits per heavy atom. The van der Waals surface area contributed by atoms with Crippen LogP contribution in [0.15, 0.2) is 0 Å². The van der Waals surface area contributed by atoms with Gasteiger partial charge >= 0.3 is 0 Å². The summed E-state index contributed by atoms with van der Waals surface area (Å²) in [4.78, 5) is 11.8. The maximum Gasteiger partial charge on any atom is 0.237 e. The first-order valence-corrected chi connectivity index (χ1v) is 8.70. The van der Waals surface area contributed by atoms with Gasteiger partial charge in [-0.1, -0.05) is 19.8 Å². The molecule has 0 radical (unpaired) electrons. The highest BCUT2D eigenvalue weighted by molar-refractivity contribution is 7.88. The van der Waals surface area contributed by atoms with Crippen LogP contribution in [0.3, 0.4) is 0 Å². The second-order valence-corrected chi connectivity index (χ2v) is 7.18. The highest BCUT2D eigenvalue weighted by Gasteiger charge is 2.26. The Morgan fingerprint density at radius 2 is 2.00 bits per heavy atom. The molecule has 0 aromatic rings. The van der Waals surface area contributed by atoms with Crippen molar-refractivity contribution in [3.63, 3.8) is 0 Å². The molecule has 1 saturated heterocycles. The molecule has 1 aliphatic rings. The minimum atomic E-state index is -3.11. The Morgan fingerprint density at radius 3 is 2.47 bits per heavy atom. The van der Waals surface area contributed by atoms with E-state index in [-0.39, 0.29) is 11.9 Å². The van der Waals surface area contributed by atoms with E-state index in [1.54, 1.807) is 0 Å². The number of nitrogens with zero attached hydrogens (tertiary/aromatic N) is 1. The van der Waals surface area contributed by atoms with Gasteiger partial charge in [0.15, 0.2) is 0 Å². The van der Waals surface area contributed by atoms with Gasteiger partial charge in [-0.25, -0.2) is 12.7 Å². The molecular formula is C12H25N3O3S. The Hall–Kier alpha value is -0.660. The SMILES string of the molecule is CCCCC(N)C(=O)NC1CCN(S(C)(=O)=O)CC1. The molecule has 1 fully saturated rings. The smallest absolute Gasteiger partial charge is 0.237 e. The van der Waals surface area contributed by atoms with Crippen molar-refractivity contribution in [1.82, 2.24) is 9.62 Å². The van der Waals surface area contributed by atoms with Crippen molar-refractivity contribution in [3.8, 4) is 0 Å². The molecular weight excluding hydrogens is 266 g/mol. The van der Waals surface area contributed by atoms with Gasteiger partial charge in [0, 0.05) is 19.1 Å². The lowest BCUT2D eigenvalue weighted by molar-refractivity contribution is -0.123. The first-order chi connectivity index (χ1) is 8.84. The number of nitrogens with two attached hydrogens (primary N) is 1. The number of hydrogen-bond acceptors (Lipinski definition) is 4. The number of sulfonamides is 1. The Bertz CT molecular complexity index is 389. The molecule has 3 N–H and O–H groups in total. The summed E-state index contributed by atoms with van der Waals surface area (Å²) in [5.41, 5.74) is 5.80. The average Bonchev–Trinajstić information content (AvgIpc) is 2.35. The van der Waals surface area contributed by atoms with Crippen LogP contribution in [0.2, 0.25) is 0 Å². The zero-order valence-electron chi connectivity index (χ0n) is 11.8. The van der Waals surface area contributed by atoms with Crippen LogP contribution in [-0.4, -0.2) is 50.1 Å². The standard InChI is InChI=1S/C12H25N3O3S/c1-3-4-5-11(13)12(16)14-10-6-8-15(9-7-10)19(2,17)18/h10-11H,3-9,13H2,1-2H3,(H,14,16). The molecule has 0 aromatic carbocycles. The number of unbranched alkanes of at least 4 members (excludes halogenated alkanes) is 1. The van der Waals surface area contributed by atoms with E-state index in [2.05, 4.69) is 12.2 Å². The van der Waals surface area contributed by atoms with Crippen molar-refractivity contribution in [2.75, 3.05) is 19.3 Å². The summed E-state index contributed by atoms with van der Waals surface area (Å²) in [5, 5.41) is 2.91. The molecule has 0 saturated carbocycles. The van der Waals surface area contributed by atoms with Gasteiger partial charge in [0.1, 0.15) is 0 Å². The van der Waals surface area contributed by atoms with Crippen LogP contribution >= 0.6 is 0 Å². The second-order valence-electron chi connectivity index (χ2n) is 5.19. The normalized spacial score (nSPS) is 20.2. The quantitative estimate of drug-likeness (QED) is 0.723. The third-order valence-electron chi connectivity index (χ3n) is 3.47. The molecule has 1 heterocycles. The molecule has 0 aliphatic carbocycles. The van der Waals surface area contributed by atoms with Crippen LogP contribution in [0.25, 0.3) is 0 Å². The summed E-state index contributed by atoms with van der Waals surface area (Å²) in [6.07, 6.45) is 5.19. The number of hydrogen-bond donors (Lipinski definition) is 2. The van der Waals surface area contributed by atoms with Crippen molar-refractivity contribution >= 4 is 15.9 Å². The number of piperidine rings is 1. The predicted molar refractivity (Wildman–Crippen MR) is 75.1 cm³/mol. The lowest BCUT2D eigenvalue weighted by Crippen LogP contribution is -2.50. The van der Waals surface area contributed by atoms with E-state index >= 15 is 0 Å². The van der Waals surface area contributed by atoms with Gasteiger partial charge < -0.3 is 11.1 Å². The predicted octanol–water partition coefficient (Wildman–Crippen LogP) is 0.0441. The summed E-state index contributed by atoms with van der Waals surface area (Å²) >= 11 is 0. The highest BCUT2D eigenvalue weighted by atomic mass is 32.2. The van der Waals surface area contributed by atoms with Gasteiger partial charge in [-0.15, -0.1) is 0 Å². The molecule has 1 rings (SSSR count). The van der Waals surface area contributed by atoms with E-state index in [1.165, 1.54) is 10.6 Å². The number of carbonyl (C=O) groups is 1.